The molecule has 0 saturated heterocycles. The lowest BCUT2D eigenvalue weighted by Crippen LogP contribution is -2.15. The van der Waals surface area contributed by atoms with Crippen molar-refractivity contribution in [3.63, 3.8) is 0 Å². The molecule has 0 aliphatic heterocycles. The normalized spacial score (nSPS) is 10.3. The summed E-state index contributed by atoms with van der Waals surface area (Å²) in [6.45, 7) is 0.307. The van der Waals surface area contributed by atoms with Crippen molar-refractivity contribution in [1.29, 1.82) is 0 Å². The van der Waals surface area contributed by atoms with Gasteiger partial charge in [-0.05, 0) is 29.8 Å². The van der Waals surface area contributed by atoms with Gasteiger partial charge in [-0.15, -0.1) is 0 Å². The summed E-state index contributed by atoms with van der Waals surface area (Å²) in [5, 5.41) is 3.27. The highest BCUT2D eigenvalue weighted by Gasteiger charge is 2.13. The molecule has 0 radical (unpaired) electrons. The van der Waals surface area contributed by atoms with Crippen molar-refractivity contribution in [1.82, 2.24) is 0 Å². The third-order valence-corrected chi connectivity index (χ3v) is 3.03. The molecule has 0 bridgehead atoms. The lowest BCUT2D eigenvalue weighted by atomic mass is 10.1. The van der Waals surface area contributed by atoms with Crippen molar-refractivity contribution in [3.05, 3.63) is 58.4 Å². The molecule has 2 rings (SSSR count). The van der Waals surface area contributed by atoms with E-state index in [1.165, 1.54) is 24.3 Å². The fraction of sp³-hybridized carbons (Fsp3) is 0.0714. The minimum atomic E-state index is -0.638. The summed E-state index contributed by atoms with van der Waals surface area (Å²) in [5.41, 5.74) is 12.6. The van der Waals surface area contributed by atoms with Gasteiger partial charge in [0.25, 0.3) is 5.91 Å². The minimum absolute atomic E-state index is 0.200. The van der Waals surface area contributed by atoms with E-state index < -0.39 is 5.91 Å². The molecule has 0 spiro atoms. The lowest BCUT2D eigenvalue weighted by Gasteiger charge is -2.13. The molecular weight excluding hydrogens is 281 g/mol. The maximum absolute atomic E-state index is 13.1. The van der Waals surface area contributed by atoms with Crippen molar-refractivity contribution >= 4 is 28.9 Å². The third-order valence-electron chi connectivity index (χ3n) is 2.74. The smallest absolute Gasteiger partial charge is 0.250 e. The standard InChI is InChI=1S/C14H13ClFN3O/c15-12-6-10(17)5-11(14(18)20)13(12)19-7-8-2-1-3-9(16)4-8/h1-6,19H,7,17H2,(H2,18,20). The van der Waals surface area contributed by atoms with Gasteiger partial charge in [0.15, 0.2) is 0 Å². The molecule has 104 valence electrons. The number of hydrogen-bond donors (Lipinski definition) is 3. The maximum Gasteiger partial charge on any atom is 0.250 e. The predicted octanol–water partition coefficient (Wildman–Crippen LogP) is 2.77. The number of halogens is 2. The fourth-order valence-electron chi connectivity index (χ4n) is 1.84. The number of rotatable bonds is 4. The van der Waals surface area contributed by atoms with Crippen molar-refractivity contribution < 1.29 is 9.18 Å². The Labute approximate surface area is 120 Å². The van der Waals surface area contributed by atoms with Crippen LogP contribution in [0.1, 0.15) is 15.9 Å². The zero-order valence-corrected chi connectivity index (χ0v) is 11.2. The molecule has 1 amide bonds. The first-order chi connectivity index (χ1) is 9.47. The van der Waals surface area contributed by atoms with E-state index in [0.29, 0.717) is 23.5 Å². The summed E-state index contributed by atoms with van der Waals surface area (Å²) in [4.78, 5) is 11.4. The number of nitrogens with one attached hydrogen (secondary N) is 1. The van der Waals surface area contributed by atoms with E-state index in [1.807, 2.05) is 0 Å². The molecule has 0 aromatic heterocycles. The third kappa shape index (κ3) is 3.19. The Morgan fingerprint density at radius 2 is 2.05 bits per heavy atom. The van der Waals surface area contributed by atoms with E-state index in [-0.39, 0.29) is 16.4 Å². The van der Waals surface area contributed by atoms with E-state index in [4.69, 9.17) is 23.1 Å². The van der Waals surface area contributed by atoms with Crippen LogP contribution < -0.4 is 16.8 Å². The van der Waals surface area contributed by atoms with Crippen LogP contribution in [0.5, 0.6) is 0 Å². The molecule has 0 heterocycles. The molecule has 0 fully saturated rings. The van der Waals surface area contributed by atoms with Crippen LogP contribution in [0.25, 0.3) is 0 Å². The maximum atomic E-state index is 13.1. The molecule has 0 aliphatic carbocycles. The Bertz CT molecular complexity index is 661. The van der Waals surface area contributed by atoms with Crippen molar-refractivity contribution in [2.45, 2.75) is 6.54 Å². The Kier molecular flexibility index (Phi) is 4.10. The molecular formula is C14H13ClFN3O. The highest BCUT2D eigenvalue weighted by atomic mass is 35.5. The van der Waals surface area contributed by atoms with Crippen LogP contribution in [0, 0.1) is 5.82 Å². The summed E-state index contributed by atoms with van der Waals surface area (Å²) in [5.74, 6) is -0.969. The monoisotopic (exact) mass is 293 g/mol. The van der Waals surface area contributed by atoms with Gasteiger partial charge in [0.05, 0.1) is 16.3 Å². The van der Waals surface area contributed by atoms with E-state index in [2.05, 4.69) is 5.32 Å². The second-order valence-corrected chi connectivity index (χ2v) is 4.68. The summed E-state index contributed by atoms with van der Waals surface area (Å²) < 4.78 is 13.1. The van der Waals surface area contributed by atoms with E-state index in [0.717, 1.165) is 0 Å². The van der Waals surface area contributed by atoms with Gasteiger partial charge in [0, 0.05) is 12.2 Å². The number of carbonyl (C=O) groups excluding carboxylic acids is 1. The average Bonchev–Trinajstić information content (AvgIpc) is 2.36. The van der Waals surface area contributed by atoms with Gasteiger partial charge in [0.2, 0.25) is 0 Å². The zero-order valence-electron chi connectivity index (χ0n) is 10.5. The summed E-state index contributed by atoms with van der Waals surface area (Å²) in [7, 11) is 0. The molecule has 5 N–H and O–H groups in total. The molecule has 2 aromatic rings. The first-order valence-electron chi connectivity index (χ1n) is 5.84. The van der Waals surface area contributed by atoms with Crippen molar-refractivity contribution in [3.8, 4) is 0 Å². The number of anilines is 2. The first kappa shape index (κ1) is 14.1. The van der Waals surface area contributed by atoms with Crippen LogP contribution >= 0.6 is 11.6 Å². The molecule has 4 nitrogen and oxygen atoms in total. The fourth-order valence-corrected chi connectivity index (χ4v) is 2.13. The SMILES string of the molecule is NC(=O)c1cc(N)cc(Cl)c1NCc1cccc(F)c1. The van der Waals surface area contributed by atoms with Gasteiger partial charge >= 0.3 is 0 Å². The second-order valence-electron chi connectivity index (χ2n) is 4.27. The van der Waals surface area contributed by atoms with Gasteiger partial charge < -0.3 is 16.8 Å². The summed E-state index contributed by atoms with van der Waals surface area (Å²) >= 11 is 6.05. The van der Waals surface area contributed by atoms with Crippen LogP contribution in [0.3, 0.4) is 0 Å². The predicted molar refractivity (Wildman–Crippen MR) is 78.1 cm³/mol. The number of primary amides is 1. The molecule has 0 unspecified atom stereocenters. The Balaban J connectivity index is 2.27. The molecule has 6 heteroatoms. The van der Waals surface area contributed by atoms with E-state index in [9.17, 15) is 9.18 Å². The van der Waals surface area contributed by atoms with Gasteiger partial charge in [0.1, 0.15) is 5.82 Å². The lowest BCUT2D eigenvalue weighted by molar-refractivity contribution is 0.100. The molecule has 20 heavy (non-hydrogen) atoms. The number of carbonyl (C=O) groups is 1. The molecule has 0 aliphatic rings. The van der Waals surface area contributed by atoms with Crippen molar-refractivity contribution in [2.24, 2.45) is 5.73 Å². The van der Waals surface area contributed by atoms with Crippen molar-refractivity contribution in [2.75, 3.05) is 11.1 Å². The highest BCUT2D eigenvalue weighted by molar-refractivity contribution is 6.34. The van der Waals surface area contributed by atoms with Gasteiger partial charge in [-0.25, -0.2) is 4.39 Å². The topological polar surface area (TPSA) is 81.1 Å². The number of nitrogen functional groups attached to an aromatic ring is 1. The second kappa shape index (κ2) is 5.79. The largest absolute Gasteiger partial charge is 0.399 e. The van der Waals surface area contributed by atoms with Crippen LogP contribution in [0.2, 0.25) is 5.02 Å². The Hall–Kier alpha value is -2.27. The number of amides is 1. The average molecular weight is 294 g/mol. The van der Waals surface area contributed by atoms with E-state index in [1.54, 1.807) is 12.1 Å². The summed E-state index contributed by atoms with van der Waals surface area (Å²) in [6, 6.07) is 9.07. The van der Waals surface area contributed by atoms with Crippen LogP contribution in [0.15, 0.2) is 36.4 Å². The van der Waals surface area contributed by atoms with Gasteiger partial charge in [-0.2, -0.15) is 0 Å². The van der Waals surface area contributed by atoms with Gasteiger partial charge in [-0.1, -0.05) is 23.7 Å². The minimum Gasteiger partial charge on any atom is -0.399 e. The molecule has 2 aromatic carbocycles. The Morgan fingerprint density at radius 3 is 2.70 bits per heavy atom. The van der Waals surface area contributed by atoms with Crippen LogP contribution in [0.4, 0.5) is 15.8 Å². The number of hydrogen-bond acceptors (Lipinski definition) is 3. The van der Waals surface area contributed by atoms with Crippen LogP contribution in [-0.4, -0.2) is 5.91 Å². The Morgan fingerprint density at radius 1 is 1.30 bits per heavy atom. The number of nitrogens with two attached hydrogens (primary N) is 2. The first-order valence-corrected chi connectivity index (χ1v) is 6.22. The number of benzene rings is 2. The van der Waals surface area contributed by atoms with E-state index >= 15 is 0 Å². The summed E-state index contributed by atoms with van der Waals surface area (Å²) in [6.07, 6.45) is 0. The van der Waals surface area contributed by atoms with Gasteiger partial charge in [-0.3, -0.25) is 4.79 Å². The molecule has 0 atom stereocenters. The zero-order chi connectivity index (χ0) is 14.7. The highest BCUT2D eigenvalue weighted by Crippen LogP contribution is 2.29. The molecule has 0 saturated carbocycles. The van der Waals surface area contributed by atoms with Crippen LogP contribution in [-0.2, 0) is 6.54 Å². The quantitative estimate of drug-likeness (QED) is 0.758.